The summed E-state index contributed by atoms with van der Waals surface area (Å²) in [5, 5.41) is 4.47. The predicted octanol–water partition coefficient (Wildman–Crippen LogP) is 4.14. The molecule has 1 amide bonds. The molecule has 0 aliphatic carbocycles. The number of carbonyl (C=O) groups excluding carboxylic acids is 1. The number of ether oxygens (including phenoxy) is 1. The molecule has 2 aromatic carbocycles. The van der Waals surface area contributed by atoms with Gasteiger partial charge in [-0.15, -0.1) is 0 Å². The lowest BCUT2D eigenvalue weighted by Crippen LogP contribution is -2.40. The molecule has 1 heterocycles. The Kier molecular flexibility index (Phi) is 7.30. The van der Waals surface area contributed by atoms with Crippen LogP contribution in [-0.4, -0.2) is 41.5 Å². The van der Waals surface area contributed by atoms with Crippen LogP contribution in [0.25, 0.3) is 10.9 Å². The molecule has 0 fully saturated rings. The number of rotatable bonds is 10. The number of aromatic nitrogens is 1. The second kappa shape index (κ2) is 10.1. The average Bonchev–Trinajstić information content (AvgIpc) is 3.14. The lowest BCUT2D eigenvalue weighted by atomic mass is 10.1. The quantitative estimate of drug-likeness (QED) is 0.544. The second-order valence-corrected chi connectivity index (χ2v) is 7.54. The van der Waals surface area contributed by atoms with Crippen molar-refractivity contribution in [3.8, 4) is 5.75 Å². The van der Waals surface area contributed by atoms with Gasteiger partial charge in [-0.25, -0.2) is 0 Å². The molecule has 2 N–H and O–H groups in total. The number of hydrogen-bond donors (Lipinski definition) is 2. The molecule has 0 aliphatic rings. The zero-order valence-electron chi connectivity index (χ0n) is 17.6. The number of nitrogens with one attached hydrogen (secondary N) is 2. The molecule has 0 spiro atoms. The highest BCUT2D eigenvalue weighted by molar-refractivity contribution is 5.83. The first-order valence-corrected chi connectivity index (χ1v) is 10.3. The number of nitrogens with zero attached hydrogens (tertiary/aromatic N) is 1. The minimum Gasteiger partial charge on any atom is -0.494 e. The standard InChI is InChI=1S/C24H31N3O2/c1-4-29-21-11-9-19(10-12-21)17-27(24(28)16-25-18(2)3)14-13-20-15-26-23-8-6-5-7-22(20)23/h5-12,15,18,25-26H,4,13-14,16-17H2,1-3H3. The third-order valence-corrected chi connectivity index (χ3v) is 4.95. The topological polar surface area (TPSA) is 57.4 Å². The van der Waals surface area contributed by atoms with E-state index in [0.717, 1.165) is 23.3 Å². The first kappa shape index (κ1) is 20.9. The normalized spacial score (nSPS) is 11.2. The SMILES string of the molecule is CCOc1ccc(CN(CCc2c[nH]c3ccccc23)C(=O)CNC(C)C)cc1. The molecule has 0 atom stereocenters. The molecular formula is C24H31N3O2. The number of benzene rings is 2. The molecule has 5 heteroatoms. The van der Waals surface area contributed by atoms with E-state index in [0.29, 0.717) is 26.2 Å². The summed E-state index contributed by atoms with van der Waals surface area (Å²) in [7, 11) is 0. The summed E-state index contributed by atoms with van der Waals surface area (Å²) in [4.78, 5) is 18.1. The fourth-order valence-corrected chi connectivity index (χ4v) is 3.37. The van der Waals surface area contributed by atoms with Crippen LogP contribution in [0.4, 0.5) is 0 Å². The van der Waals surface area contributed by atoms with Crippen LogP contribution in [0.1, 0.15) is 31.9 Å². The van der Waals surface area contributed by atoms with Crippen molar-refractivity contribution in [1.82, 2.24) is 15.2 Å². The fourth-order valence-electron chi connectivity index (χ4n) is 3.37. The van der Waals surface area contributed by atoms with Gasteiger partial charge in [-0.2, -0.15) is 0 Å². The minimum atomic E-state index is 0.118. The van der Waals surface area contributed by atoms with Gasteiger partial charge >= 0.3 is 0 Å². The number of para-hydroxylation sites is 1. The number of H-pyrrole nitrogens is 1. The van der Waals surface area contributed by atoms with E-state index in [1.807, 2.05) is 42.2 Å². The Morgan fingerprint density at radius 1 is 1.14 bits per heavy atom. The minimum absolute atomic E-state index is 0.118. The van der Waals surface area contributed by atoms with Gasteiger partial charge in [-0.1, -0.05) is 44.2 Å². The number of carbonyl (C=O) groups is 1. The third-order valence-electron chi connectivity index (χ3n) is 4.95. The van der Waals surface area contributed by atoms with Crippen LogP contribution in [0.3, 0.4) is 0 Å². The smallest absolute Gasteiger partial charge is 0.236 e. The van der Waals surface area contributed by atoms with Gasteiger partial charge in [-0.3, -0.25) is 4.79 Å². The van der Waals surface area contributed by atoms with Crippen LogP contribution in [-0.2, 0) is 17.8 Å². The largest absolute Gasteiger partial charge is 0.494 e. The predicted molar refractivity (Wildman–Crippen MR) is 118 cm³/mol. The molecule has 29 heavy (non-hydrogen) atoms. The molecule has 0 saturated carbocycles. The van der Waals surface area contributed by atoms with Crippen LogP contribution >= 0.6 is 0 Å². The number of amides is 1. The van der Waals surface area contributed by atoms with Crippen LogP contribution in [0.15, 0.2) is 54.7 Å². The van der Waals surface area contributed by atoms with E-state index in [2.05, 4.69) is 48.5 Å². The third kappa shape index (κ3) is 5.84. The van der Waals surface area contributed by atoms with Gasteiger partial charge in [0, 0.05) is 36.2 Å². The zero-order chi connectivity index (χ0) is 20.6. The van der Waals surface area contributed by atoms with Gasteiger partial charge in [0.25, 0.3) is 0 Å². The fraction of sp³-hybridized carbons (Fsp3) is 0.375. The Morgan fingerprint density at radius 3 is 2.62 bits per heavy atom. The van der Waals surface area contributed by atoms with E-state index < -0.39 is 0 Å². The van der Waals surface area contributed by atoms with Crippen LogP contribution < -0.4 is 10.1 Å². The molecule has 3 aromatic rings. The van der Waals surface area contributed by atoms with E-state index in [4.69, 9.17) is 4.74 Å². The Morgan fingerprint density at radius 2 is 1.90 bits per heavy atom. The maximum absolute atomic E-state index is 12.9. The maximum atomic E-state index is 12.9. The van der Waals surface area contributed by atoms with E-state index >= 15 is 0 Å². The summed E-state index contributed by atoms with van der Waals surface area (Å²) in [6.07, 6.45) is 2.87. The summed E-state index contributed by atoms with van der Waals surface area (Å²) in [6, 6.07) is 16.6. The first-order valence-electron chi connectivity index (χ1n) is 10.3. The Labute approximate surface area is 173 Å². The van der Waals surface area contributed by atoms with Gasteiger partial charge < -0.3 is 19.9 Å². The molecule has 0 unspecified atom stereocenters. The van der Waals surface area contributed by atoms with Gasteiger partial charge in [0.2, 0.25) is 5.91 Å². The summed E-state index contributed by atoms with van der Waals surface area (Å²) < 4.78 is 5.52. The summed E-state index contributed by atoms with van der Waals surface area (Å²) in [5.41, 5.74) is 3.47. The lowest BCUT2D eigenvalue weighted by molar-refractivity contribution is -0.130. The molecule has 154 valence electrons. The van der Waals surface area contributed by atoms with E-state index in [1.165, 1.54) is 10.9 Å². The van der Waals surface area contributed by atoms with Gasteiger partial charge in [0.15, 0.2) is 0 Å². The van der Waals surface area contributed by atoms with Crippen molar-refractivity contribution in [2.24, 2.45) is 0 Å². The van der Waals surface area contributed by atoms with Crippen LogP contribution in [0, 0.1) is 0 Å². The molecular weight excluding hydrogens is 362 g/mol. The average molecular weight is 394 g/mol. The molecule has 0 radical (unpaired) electrons. The Balaban J connectivity index is 1.70. The van der Waals surface area contributed by atoms with Gasteiger partial charge in [0.05, 0.1) is 13.2 Å². The number of fused-ring (bicyclic) bond motifs is 1. The van der Waals surface area contributed by atoms with Crippen LogP contribution in [0.5, 0.6) is 5.75 Å². The van der Waals surface area contributed by atoms with E-state index in [9.17, 15) is 4.79 Å². The molecule has 3 rings (SSSR count). The van der Waals surface area contributed by atoms with Crippen molar-refractivity contribution in [2.45, 2.75) is 39.8 Å². The molecule has 1 aromatic heterocycles. The highest BCUT2D eigenvalue weighted by atomic mass is 16.5. The zero-order valence-corrected chi connectivity index (χ0v) is 17.6. The molecule has 0 aliphatic heterocycles. The van der Waals surface area contributed by atoms with Crippen molar-refractivity contribution in [1.29, 1.82) is 0 Å². The monoisotopic (exact) mass is 393 g/mol. The van der Waals surface area contributed by atoms with Crippen molar-refractivity contribution in [3.05, 3.63) is 65.9 Å². The van der Waals surface area contributed by atoms with E-state index in [-0.39, 0.29) is 11.9 Å². The highest BCUT2D eigenvalue weighted by Crippen LogP contribution is 2.19. The van der Waals surface area contributed by atoms with Crippen molar-refractivity contribution >= 4 is 16.8 Å². The summed E-state index contributed by atoms with van der Waals surface area (Å²) in [5.74, 6) is 0.974. The van der Waals surface area contributed by atoms with E-state index in [1.54, 1.807) is 0 Å². The molecule has 0 bridgehead atoms. The maximum Gasteiger partial charge on any atom is 0.236 e. The van der Waals surface area contributed by atoms with Gasteiger partial charge in [0.1, 0.15) is 5.75 Å². The van der Waals surface area contributed by atoms with Gasteiger partial charge in [-0.05, 0) is 42.7 Å². The summed E-state index contributed by atoms with van der Waals surface area (Å²) >= 11 is 0. The Hall–Kier alpha value is -2.79. The van der Waals surface area contributed by atoms with Crippen molar-refractivity contribution in [2.75, 3.05) is 19.7 Å². The lowest BCUT2D eigenvalue weighted by Gasteiger charge is -2.24. The molecule has 5 nitrogen and oxygen atoms in total. The Bertz CT molecular complexity index is 915. The highest BCUT2D eigenvalue weighted by Gasteiger charge is 2.15. The first-order chi connectivity index (χ1) is 14.1. The van der Waals surface area contributed by atoms with Crippen molar-refractivity contribution in [3.63, 3.8) is 0 Å². The number of aromatic amines is 1. The number of hydrogen-bond acceptors (Lipinski definition) is 3. The van der Waals surface area contributed by atoms with Crippen LogP contribution in [0.2, 0.25) is 0 Å². The second-order valence-electron chi connectivity index (χ2n) is 7.54. The molecule has 0 saturated heterocycles. The van der Waals surface area contributed by atoms with Crippen molar-refractivity contribution < 1.29 is 9.53 Å². The summed E-state index contributed by atoms with van der Waals surface area (Å²) in [6.45, 7) is 8.34.